The van der Waals surface area contributed by atoms with Crippen molar-refractivity contribution in [3.63, 3.8) is 0 Å². The van der Waals surface area contributed by atoms with Crippen LogP contribution in [0.2, 0.25) is 0 Å². The minimum absolute atomic E-state index is 0.0297. The van der Waals surface area contributed by atoms with Gasteiger partial charge in [0.05, 0.1) is 17.3 Å². The van der Waals surface area contributed by atoms with Crippen LogP contribution >= 0.6 is 0 Å². The molecule has 2 aliphatic heterocycles. The van der Waals surface area contributed by atoms with E-state index < -0.39 is 156 Å². The number of carbonyl (C=O) groups is 8. The van der Waals surface area contributed by atoms with Crippen molar-refractivity contribution in [2.75, 3.05) is 25.6 Å². The summed E-state index contributed by atoms with van der Waals surface area (Å²) < 4.78 is 84.3. The van der Waals surface area contributed by atoms with E-state index in [0.717, 1.165) is 34.6 Å². The minimum atomic E-state index is -3.80. The molecule has 24 heteroatoms. The van der Waals surface area contributed by atoms with Gasteiger partial charge in [0, 0.05) is 41.5 Å². The number of esters is 5. The highest BCUT2D eigenvalue weighted by molar-refractivity contribution is 7.91. The van der Waals surface area contributed by atoms with Gasteiger partial charge in [-0.3, -0.25) is 33.6 Å². The first-order valence-corrected chi connectivity index (χ1v) is 23.4. The van der Waals surface area contributed by atoms with Crippen molar-refractivity contribution in [3.05, 3.63) is 66.2 Å². The lowest BCUT2D eigenvalue weighted by Crippen LogP contribution is -2.71. The Balaban J connectivity index is 1.75. The zero-order valence-electron chi connectivity index (χ0n) is 39.3. The van der Waals surface area contributed by atoms with Crippen LogP contribution in [0.3, 0.4) is 0 Å². The second-order valence-electron chi connectivity index (χ2n) is 16.0. The Morgan fingerprint density at radius 1 is 0.623 bits per heavy atom. The molecular formula is C45H59N3O20S. The summed E-state index contributed by atoms with van der Waals surface area (Å²) in [6.07, 6.45) is -13.9. The Labute approximate surface area is 398 Å². The number of hydrogen-bond acceptors (Lipinski definition) is 20. The maximum atomic E-state index is 13.9. The molecule has 0 spiro atoms. The molecule has 4 rings (SSSR count). The zero-order valence-corrected chi connectivity index (χ0v) is 40.1. The number of hydrogen-bond donors (Lipinski definition) is 3. The van der Waals surface area contributed by atoms with Crippen molar-refractivity contribution in [1.82, 2.24) is 16.0 Å². The Kier molecular flexibility index (Phi) is 21.0. The summed E-state index contributed by atoms with van der Waals surface area (Å²) in [6, 6.07) is 12.1. The highest BCUT2D eigenvalue weighted by Gasteiger charge is 2.56. The largest absolute Gasteiger partial charge is 0.463 e. The fraction of sp³-hybridized carbons (Fsp3) is 0.556. The van der Waals surface area contributed by atoms with Gasteiger partial charge in [-0.15, -0.1) is 0 Å². The van der Waals surface area contributed by atoms with Crippen LogP contribution < -0.4 is 16.0 Å². The summed E-state index contributed by atoms with van der Waals surface area (Å²) in [5.41, 5.74) is 0.674. The molecule has 0 aromatic heterocycles. The van der Waals surface area contributed by atoms with E-state index in [1.807, 2.05) is 0 Å². The normalized spacial score (nSPS) is 25.3. The molecule has 0 aliphatic carbocycles. The highest BCUT2D eigenvalue weighted by atomic mass is 32.2. The highest BCUT2D eigenvalue weighted by Crippen LogP contribution is 2.34. The predicted molar refractivity (Wildman–Crippen MR) is 234 cm³/mol. The molecule has 2 aromatic rings. The zero-order chi connectivity index (χ0) is 51.0. The molecule has 2 saturated heterocycles. The van der Waals surface area contributed by atoms with Crippen LogP contribution in [0.25, 0.3) is 0 Å². The number of amides is 3. The van der Waals surface area contributed by atoms with Crippen molar-refractivity contribution in [1.29, 1.82) is 0 Å². The van der Waals surface area contributed by atoms with E-state index in [0.29, 0.717) is 5.56 Å². The first-order chi connectivity index (χ1) is 32.6. The van der Waals surface area contributed by atoms with E-state index in [9.17, 15) is 46.8 Å². The standard InChI is InChI=1S/C45H59N3O20S/c1-24(43(56)59-19-20-69(57,58)33-17-13-10-14-18-33)46-42(55)25(2)63-40-36(47-26(3)49)44(62-21-32-15-11-9-12-16-32)66-35(23-61-29(6)52)39(40)68-45-37(48-27(4)50)41(65-31(8)54)38(64-30(7)53)34(67-45)22-60-28(5)51/h9-18,24-25,34-41,44-45H,19-23H2,1-8H3,(H,46,55)(H,47,49)(H,48,50)/t24-,25+,34+,35+,36+,37+,38+,39+,40+,41+,44-,45-/m0/s1. The monoisotopic (exact) mass is 993 g/mol. The number of benzene rings is 2. The number of nitrogens with one attached hydrogen (secondary N) is 3. The molecule has 2 fully saturated rings. The average molecular weight is 994 g/mol. The lowest BCUT2D eigenvalue weighted by atomic mass is 9.93. The summed E-state index contributed by atoms with van der Waals surface area (Å²) >= 11 is 0. The fourth-order valence-corrected chi connectivity index (χ4v) is 8.33. The summed E-state index contributed by atoms with van der Waals surface area (Å²) in [4.78, 5) is 102. The topological polar surface area (TPSA) is 299 Å². The maximum absolute atomic E-state index is 13.9. The lowest BCUT2D eigenvalue weighted by Gasteiger charge is -2.50. The molecule has 23 nitrogen and oxygen atoms in total. The van der Waals surface area contributed by atoms with E-state index in [4.69, 9.17) is 47.4 Å². The van der Waals surface area contributed by atoms with Gasteiger partial charge in [-0.05, 0) is 31.5 Å². The van der Waals surface area contributed by atoms with Crippen LogP contribution in [0.4, 0.5) is 0 Å². The summed E-state index contributed by atoms with van der Waals surface area (Å²) in [5, 5.41) is 7.77. The van der Waals surface area contributed by atoms with Gasteiger partial charge < -0.3 is 63.3 Å². The number of sulfone groups is 1. The van der Waals surface area contributed by atoms with Gasteiger partial charge in [-0.2, -0.15) is 0 Å². The summed E-state index contributed by atoms with van der Waals surface area (Å²) in [7, 11) is -3.80. The first-order valence-electron chi connectivity index (χ1n) is 21.7. The molecule has 0 saturated carbocycles. The van der Waals surface area contributed by atoms with E-state index in [1.165, 1.54) is 32.9 Å². The molecule has 12 atom stereocenters. The predicted octanol–water partition coefficient (Wildman–Crippen LogP) is 0.333. The van der Waals surface area contributed by atoms with Gasteiger partial charge in [0.1, 0.15) is 68.5 Å². The third-order valence-electron chi connectivity index (χ3n) is 10.2. The molecule has 0 bridgehead atoms. The maximum Gasteiger partial charge on any atom is 0.328 e. The van der Waals surface area contributed by atoms with Gasteiger partial charge in [0.2, 0.25) is 17.7 Å². The molecule has 380 valence electrons. The lowest BCUT2D eigenvalue weighted by molar-refractivity contribution is -0.339. The van der Waals surface area contributed by atoms with Gasteiger partial charge in [0.25, 0.3) is 0 Å². The van der Waals surface area contributed by atoms with E-state index in [-0.39, 0.29) is 11.5 Å². The summed E-state index contributed by atoms with van der Waals surface area (Å²) in [5.74, 6) is -7.07. The third kappa shape index (κ3) is 17.1. The number of carbonyl (C=O) groups excluding carboxylic acids is 8. The first kappa shape index (κ1) is 55.5. The molecule has 2 heterocycles. The van der Waals surface area contributed by atoms with E-state index in [1.54, 1.807) is 48.5 Å². The van der Waals surface area contributed by atoms with Gasteiger partial charge in [0.15, 0.2) is 34.6 Å². The molecule has 69 heavy (non-hydrogen) atoms. The van der Waals surface area contributed by atoms with E-state index >= 15 is 0 Å². The fourth-order valence-electron chi connectivity index (χ4n) is 7.22. The smallest absolute Gasteiger partial charge is 0.328 e. The molecular weight excluding hydrogens is 935 g/mol. The number of ether oxygens (including phenoxy) is 10. The number of rotatable bonds is 22. The van der Waals surface area contributed by atoms with Crippen LogP contribution in [0.5, 0.6) is 0 Å². The second-order valence-corrected chi connectivity index (χ2v) is 18.1. The summed E-state index contributed by atoms with van der Waals surface area (Å²) in [6.45, 7) is 7.40. The van der Waals surface area contributed by atoms with Crippen LogP contribution in [0, 0.1) is 0 Å². The Bertz CT molecular complexity index is 2210. The average Bonchev–Trinajstić information content (AvgIpc) is 3.27. The Morgan fingerprint density at radius 3 is 1.67 bits per heavy atom. The molecule has 2 aromatic carbocycles. The molecule has 3 amide bonds. The van der Waals surface area contributed by atoms with Crippen LogP contribution in [-0.4, -0.2) is 155 Å². The Morgan fingerprint density at radius 2 is 1.13 bits per heavy atom. The van der Waals surface area contributed by atoms with E-state index in [2.05, 4.69) is 16.0 Å². The van der Waals surface area contributed by atoms with Crippen molar-refractivity contribution in [2.45, 2.75) is 140 Å². The minimum Gasteiger partial charge on any atom is -0.463 e. The quantitative estimate of drug-likeness (QED) is 0.106. The third-order valence-corrected chi connectivity index (χ3v) is 11.9. The molecule has 0 radical (unpaired) electrons. The SMILES string of the molecule is CC(=O)N[C@H]1[C@H](O[C@H]2[C@H](O[C@H](C)C(=O)N[C@@H](C)C(=O)OCCS(=O)(=O)c3ccccc3)[C@@H](NC(C)=O)[C@@H](OCc3ccccc3)O[C@@H]2COC(C)=O)O[C@H](COC(C)=O)[C@@H](OC(C)=O)[C@@H]1OC(C)=O. The van der Waals surface area contributed by atoms with Crippen LogP contribution in [0.15, 0.2) is 65.6 Å². The van der Waals surface area contributed by atoms with Crippen molar-refractivity contribution in [2.24, 2.45) is 0 Å². The van der Waals surface area contributed by atoms with Crippen molar-refractivity contribution < 1.29 is 94.1 Å². The molecule has 0 unspecified atom stereocenters. The Hall–Kier alpha value is -6.05. The van der Waals surface area contributed by atoms with Crippen LogP contribution in [-0.2, 0) is 102 Å². The molecule has 3 N–H and O–H groups in total. The van der Waals surface area contributed by atoms with Crippen LogP contribution in [0.1, 0.15) is 61.0 Å². The molecule has 2 aliphatic rings. The van der Waals surface area contributed by atoms with Gasteiger partial charge in [-0.1, -0.05) is 48.5 Å². The second kappa shape index (κ2) is 26.1. The van der Waals surface area contributed by atoms with Gasteiger partial charge in [-0.25, -0.2) is 13.2 Å². The van der Waals surface area contributed by atoms with Crippen molar-refractivity contribution in [3.8, 4) is 0 Å². The van der Waals surface area contributed by atoms with Gasteiger partial charge >= 0.3 is 29.8 Å². The van der Waals surface area contributed by atoms with Crippen molar-refractivity contribution >= 4 is 57.4 Å².